The summed E-state index contributed by atoms with van der Waals surface area (Å²) in [5.41, 5.74) is 1.18. The van der Waals surface area contributed by atoms with Gasteiger partial charge >= 0.3 is 5.97 Å². The number of anilines is 2. The average Bonchev–Trinajstić information content (AvgIpc) is 3.37. The lowest BCUT2D eigenvalue weighted by Gasteiger charge is -2.07. The molecule has 0 saturated carbocycles. The molecule has 3 rings (SSSR count). The zero-order chi connectivity index (χ0) is 21.7. The molecule has 0 aliphatic heterocycles. The molecule has 0 atom stereocenters. The zero-order valence-electron chi connectivity index (χ0n) is 16.6. The molecule has 9 heteroatoms. The predicted octanol–water partition coefficient (Wildman–Crippen LogP) is 4.81. The van der Waals surface area contributed by atoms with Crippen molar-refractivity contribution >= 4 is 51.1 Å². The van der Waals surface area contributed by atoms with Crippen LogP contribution in [0.25, 0.3) is 0 Å². The van der Waals surface area contributed by atoms with Crippen molar-refractivity contribution in [3.63, 3.8) is 0 Å². The number of amides is 2. The summed E-state index contributed by atoms with van der Waals surface area (Å²) in [5.74, 6) is -0.732. The minimum Gasteiger partial charge on any atom is -0.497 e. The minimum atomic E-state index is -0.590. The first-order valence-corrected chi connectivity index (χ1v) is 10.7. The fraction of sp³-hybridized carbons (Fsp3) is 0.190. The monoisotopic (exact) mass is 444 g/mol. The minimum absolute atomic E-state index is 0.178. The van der Waals surface area contributed by atoms with Crippen LogP contribution in [-0.4, -0.2) is 31.5 Å². The number of benzene rings is 1. The van der Waals surface area contributed by atoms with Gasteiger partial charge in [-0.2, -0.15) is 0 Å². The summed E-state index contributed by atoms with van der Waals surface area (Å²) in [4.78, 5) is 38.7. The number of carbonyl (C=O) groups excluding carboxylic acids is 3. The maximum atomic E-state index is 12.9. The molecule has 2 amide bonds. The van der Waals surface area contributed by atoms with Crippen molar-refractivity contribution in [2.75, 3.05) is 24.4 Å². The van der Waals surface area contributed by atoms with Crippen LogP contribution < -0.4 is 15.4 Å². The Balaban J connectivity index is 1.92. The third-order valence-corrected chi connectivity index (χ3v) is 6.21. The Morgan fingerprint density at radius 3 is 2.53 bits per heavy atom. The molecule has 0 unspecified atom stereocenters. The molecular weight excluding hydrogens is 424 g/mol. The Morgan fingerprint density at radius 2 is 1.87 bits per heavy atom. The van der Waals surface area contributed by atoms with E-state index in [-0.39, 0.29) is 23.1 Å². The third kappa shape index (κ3) is 4.69. The molecule has 2 aromatic heterocycles. The summed E-state index contributed by atoms with van der Waals surface area (Å²) in [6, 6.07) is 10.4. The van der Waals surface area contributed by atoms with E-state index in [4.69, 9.17) is 9.47 Å². The second kappa shape index (κ2) is 9.55. The molecule has 2 heterocycles. The van der Waals surface area contributed by atoms with E-state index >= 15 is 0 Å². The molecule has 156 valence electrons. The van der Waals surface area contributed by atoms with Gasteiger partial charge < -0.3 is 20.1 Å². The Hall–Kier alpha value is -3.17. The van der Waals surface area contributed by atoms with E-state index in [0.29, 0.717) is 26.8 Å². The second-order valence-electron chi connectivity index (χ2n) is 6.10. The lowest BCUT2D eigenvalue weighted by molar-refractivity contribution is 0.0527. The largest absolute Gasteiger partial charge is 0.497 e. The fourth-order valence-electron chi connectivity index (χ4n) is 2.73. The molecule has 0 aliphatic carbocycles. The van der Waals surface area contributed by atoms with Crippen molar-refractivity contribution in [1.29, 1.82) is 0 Å². The molecule has 1 aromatic carbocycles. The quantitative estimate of drug-likeness (QED) is 0.510. The first kappa shape index (κ1) is 21.5. The van der Waals surface area contributed by atoms with Gasteiger partial charge in [0.15, 0.2) is 0 Å². The van der Waals surface area contributed by atoms with E-state index < -0.39 is 11.9 Å². The summed E-state index contributed by atoms with van der Waals surface area (Å²) in [6.45, 7) is 3.53. The first-order valence-electron chi connectivity index (χ1n) is 9.05. The van der Waals surface area contributed by atoms with Crippen LogP contribution in [0.3, 0.4) is 0 Å². The van der Waals surface area contributed by atoms with E-state index in [9.17, 15) is 14.4 Å². The predicted molar refractivity (Wildman–Crippen MR) is 118 cm³/mol. The van der Waals surface area contributed by atoms with Crippen molar-refractivity contribution in [3.8, 4) is 5.75 Å². The van der Waals surface area contributed by atoms with Crippen molar-refractivity contribution in [1.82, 2.24) is 0 Å². The smallest absolute Gasteiger partial charge is 0.341 e. The maximum Gasteiger partial charge on any atom is 0.341 e. The van der Waals surface area contributed by atoms with Gasteiger partial charge in [0.1, 0.15) is 10.8 Å². The Morgan fingerprint density at radius 1 is 1.07 bits per heavy atom. The lowest BCUT2D eigenvalue weighted by Crippen LogP contribution is -2.14. The van der Waals surface area contributed by atoms with E-state index in [1.807, 2.05) is 0 Å². The highest BCUT2D eigenvalue weighted by Gasteiger charge is 2.27. The number of ether oxygens (including phenoxy) is 2. The van der Waals surface area contributed by atoms with Crippen LogP contribution in [0.5, 0.6) is 5.75 Å². The molecule has 0 radical (unpaired) electrons. The highest BCUT2D eigenvalue weighted by atomic mass is 32.1. The van der Waals surface area contributed by atoms with Gasteiger partial charge in [0.05, 0.1) is 29.0 Å². The SMILES string of the molecule is CCOC(=O)c1c(NC(=O)c2cccs2)sc(C(=O)Nc2cccc(OC)c2)c1C. The molecule has 2 N–H and O–H groups in total. The Kier molecular flexibility index (Phi) is 6.86. The fourth-order valence-corrected chi connectivity index (χ4v) is 4.43. The molecule has 0 bridgehead atoms. The highest BCUT2D eigenvalue weighted by molar-refractivity contribution is 7.19. The molecule has 30 heavy (non-hydrogen) atoms. The molecular formula is C21H20N2O5S2. The van der Waals surface area contributed by atoms with Crippen molar-refractivity contribution in [2.45, 2.75) is 13.8 Å². The number of hydrogen-bond acceptors (Lipinski definition) is 7. The van der Waals surface area contributed by atoms with Gasteiger partial charge in [-0.25, -0.2) is 4.79 Å². The number of hydrogen-bond donors (Lipinski definition) is 2. The molecule has 0 fully saturated rings. The third-order valence-electron chi connectivity index (χ3n) is 4.13. The van der Waals surface area contributed by atoms with E-state index in [0.717, 1.165) is 11.3 Å². The van der Waals surface area contributed by atoms with Crippen LogP contribution in [0, 0.1) is 6.92 Å². The van der Waals surface area contributed by atoms with Crippen LogP contribution in [0.1, 0.15) is 42.2 Å². The molecule has 0 spiro atoms. The standard InChI is InChI=1S/C21H20N2O5S2/c1-4-28-21(26)16-12(2)17(19(25)22-13-7-5-8-14(11-13)27-3)30-20(16)23-18(24)15-9-6-10-29-15/h5-11H,4H2,1-3H3,(H,22,25)(H,23,24). The van der Waals surface area contributed by atoms with Crippen LogP contribution in [0.15, 0.2) is 41.8 Å². The van der Waals surface area contributed by atoms with Crippen LogP contribution >= 0.6 is 22.7 Å². The number of esters is 1. The number of thiophene rings is 2. The van der Waals surface area contributed by atoms with Gasteiger partial charge in [0, 0.05) is 11.8 Å². The van der Waals surface area contributed by atoms with E-state index in [2.05, 4.69) is 10.6 Å². The molecule has 7 nitrogen and oxygen atoms in total. The summed E-state index contributed by atoms with van der Waals surface area (Å²) in [6.07, 6.45) is 0. The zero-order valence-corrected chi connectivity index (χ0v) is 18.2. The number of nitrogens with one attached hydrogen (secondary N) is 2. The van der Waals surface area contributed by atoms with E-state index in [1.165, 1.54) is 11.3 Å². The second-order valence-corrected chi connectivity index (χ2v) is 8.07. The topological polar surface area (TPSA) is 93.7 Å². The number of rotatable bonds is 7. The average molecular weight is 445 g/mol. The van der Waals surface area contributed by atoms with Gasteiger partial charge in [0.2, 0.25) is 0 Å². The molecule has 0 saturated heterocycles. The number of methoxy groups -OCH3 is 1. The summed E-state index contributed by atoms with van der Waals surface area (Å²) >= 11 is 2.31. The Labute approximate surface area is 181 Å². The van der Waals surface area contributed by atoms with Crippen molar-refractivity contribution in [3.05, 3.63) is 62.7 Å². The van der Waals surface area contributed by atoms with Gasteiger partial charge in [-0.15, -0.1) is 22.7 Å². The summed E-state index contributed by atoms with van der Waals surface area (Å²) < 4.78 is 10.3. The summed E-state index contributed by atoms with van der Waals surface area (Å²) in [5, 5.41) is 7.60. The lowest BCUT2D eigenvalue weighted by atomic mass is 10.1. The van der Waals surface area contributed by atoms with Crippen LogP contribution in [0.2, 0.25) is 0 Å². The molecule has 0 aliphatic rings. The van der Waals surface area contributed by atoms with Crippen molar-refractivity contribution < 1.29 is 23.9 Å². The molecule has 3 aromatic rings. The van der Waals surface area contributed by atoms with Gasteiger partial charge in [-0.05, 0) is 43.0 Å². The normalized spacial score (nSPS) is 10.4. The maximum absolute atomic E-state index is 12.9. The summed E-state index contributed by atoms with van der Waals surface area (Å²) in [7, 11) is 1.54. The number of carbonyl (C=O) groups is 3. The first-order chi connectivity index (χ1) is 14.4. The van der Waals surface area contributed by atoms with Gasteiger partial charge in [0.25, 0.3) is 11.8 Å². The van der Waals surface area contributed by atoms with Crippen LogP contribution in [0.4, 0.5) is 10.7 Å². The van der Waals surface area contributed by atoms with Crippen molar-refractivity contribution in [2.24, 2.45) is 0 Å². The van der Waals surface area contributed by atoms with Crippen LogP contribution in [-0.2, 0) is 4.74 Å². The van der Waals surface area contributed by atoms with Gasteiger partial charge in [-0.1, -0.05) is 12.1 Å². The van der Waals surface area contributed by atoms with Gasteiger partial charge in [-0.3, -0.25) is 9.59 Å². The van der Waals surface area contributed by atoms with E-state index in [1.54, 1.807) is 62.7 Å². The Bertz CT molecular complexity index is 1070. The highest BCUT2D eigenvalue weighted by Crippen LogP contribution is 2.35.